The molecule has 0 bridgehead atoms. The molecule has 1 rings (SSSR count). The molecule has 0 aliphatic carbocycles. The molecule has 1 aliphatic heterocycles. The third-order valence-corrected chi connectivity index (χ3v) is 4.67. The molecule has 0 amide bonds. The van der Waals surface area contributed by atoms with Gasteiger partial charge in [-0.1, -0.05) is 6.92 Å². The van der Waals surface area contributed by atoms with Crippen LogP contribution in [0.5, 0.6) is 0 Å². The maximum atomic E-state index is 12.0. The first-order valence-corrected chi connectivity index (χ1v) is 7.30. The van der Waals surface area contributed by atoms with E-state index in [0.29, 0.717) is 19.0 Å². The standard InChI is InChI=1S/C10H20N2O5S/c1-8-3-5-12(6-4-8)18(15,16)11-9(7-13)10(14)17-2/h8-9,11,13H,3-7H2,1-2H3. The Bertz CT molecular complexity index is 376. The highest BCUT2D eigenvalue weighted by Crippen LogP contribution is 2.18. The van der Waals surface area contributed by atoms with E-state index in [0.717, 1.165) is 20.0 Å². The number of carbonyl (C=O) groups is 1. The highest BCUT2D eigenvalue weighted by Gasteiger charge is 2.31. The molecular weight excluding hydrogens is 260 g/mol. The molecule has 0 radical (unpaired) electrons. The van der Waals surface area contributed by atoms with Crippen LogP contribution in [0.1, 0.15) is 19.8 Å². The van der Waals surface area contributed by atoms with Crippen molar-refractivity contribution in [2.24, 2.45) is 5.92 Å². The van der Waals surface area contributed by atoms with Crippen LogP contribution in [0.4, 0.5) is 0 Å². The minimum absolute atomic E-state index is 0.426. The van der Waals surface area contributed by atoms with E-state index in [9.17, 15) is 13.2 Å². The smallest absolute Gasteiger partial charge is 0.326 e. The first kappa shape index (κ1) is 15.4. The summed E-state index contributed by atoms with van der Waals surface area (Å²) in [5.74, 6) is -0.294. The fraction of sp³-hybridized carbons (Fsp3) is 0.900. The number of methoxy groups -OCH3 is 1. The van der Waals surface area contributed by atoms with Crippen molar-refractivity contribution in [1.29, 1.82) is 0 Å². The molecule has 0 aromatic carbocycles. The molecule has 1 atom stereocenters. The number of aliphatic hydroxyl groups excluding tert-OH is 1. The molecule has 1 fully saturated rings. The van der Waals surface area contributed by atoms with Crippen LogP contribution in [0.15, 0.2) is 0 Å². The summed E-state index contributed by atoms with van der Waals surface area (Å²) in [5.41, 5.74) is 0. The van der Waals surface area contributed by atoms with Gasteiger partial charge >= 0.3 is 5.97 Å². The van der Waals surface area contributed by atoms with Gasteiger partial charge in [0.05, 0.1) is 13.7 Å². The Morgan fingerprint density at radius 2 is 2.06 bits per heavy atom. The maximum absolute atomic E-state index is 12.0. The lowest BCUT2D eigenvalue weighted by Crippen LogP contribution is -2.51. The number of hydrogen-bond donors (Lipinski definition) is 2. The second-order valence-electron chi connectivity index (χ2n) is 4.46. The van der Waals surface area contributed by atoms with Gasteiger partial charge in [-0.2, -0.15) is 17.4 Å². The number of carbonyl (C=O) groups excluding carboxylic acids is 1. The molecule has 0 aromatic rings. The number of aliphatic hydroxyl groups is 1. The fourth-order valence-electron chi connectivity index (χ4n) is 1.78. The Hall–Kier alpha value is -0.700. The number of ether oxygens (including phenoxy) is 1. The van der Waals surface area contributed by atoms with E-state index >= 15 is 0 Å². The highest BCUT2D eigenvalue weighted by molar-refractivity contribution is 7.87. The number of rotatable bonds is 5. The molecule has 0 spiro atoms. The van der Waals surface area contributed by atoms with E-state index in [2.05, 4.69) is 16.4 Å². The van der Waals surface area contributed by atoms with Gasteiger partial charge in [-0.25, -0.2) is 0 Å². The van der Waals surface area contributed by atoms with E-state index in [1.807, 2.05) is 0 Å². The summed E-state index contributed by atoms with van der Waals surface area (Å²) in [7, 11) is -2.61. The van der Waals surface area contributed by atoms with Gasteiger partial charge in [0.25, 0.3) is 10.2 Å². The lowest BCUT2D eigenvalue weighted by molar-refractivity contribution is -0.143. The second-order valence-corrected chi connectivity index (χ2v) is 6.17. The number of piperidine rings is 1. The van der Waals surface area contributed by atoms with Crippen LogP contribution >= 0.6 is 0 Å². The summed E-state index contributed by atoms with van der Waals surface area (Å²) in [5, 5.41) is 8.99. The largest absolute Gasteiger partial charge is 0.468 e. The molecule has 1 saturated heterocycles. The van der Waals surface area contributed by atoms with Crippen LogP contribution in [0.3, 0.4) is 0 Å². The van der Waals surface area contributed by atoms with E-state index in [1.165, 1.54) is 4.31 Å². The summed E-state index contributed by atoms with van der Waals surface area (Å²) in [6, 6.07) is -1.25. The topological polar surface area (TPSA) is 95.9 Å². The van der Waals surface area contributed by atoms with E-state index in [-0.39, 0.29) is 0 Å². The number of hydrogen-bond acceptors (Lipinski definition) is 5. The number of nitrogens with zero attached hydrogens (tertiary/aromatic N) is 1. The van der Waals surface area contributed by atoms with Gasteiger partial charge in [0.15, 0.2) is 0 Å². The van der Waals surface area contributed by atoms with Gasteiger partial charge in [0.2, 0.25) is 0 Å². The average Bonchev–Trinajstić information content (AvgIpc) is 2.35. The first-order valence-electron chi connectivity index (χ1n) is 5.86. The van der Waals surface area contributed by atoms with Crippen molar-refractivity contribution in [1.82, 2.24) is 9.03 Å². The van der Waals surface area contributed by atoms with Crippen molar-refractivity contribution in [2.45, 2.75) is 25.8 Å². The molecule has 0 saturated carbocycles. The Morgan fingerprint density at radius 1 is 1.50 bits per heavy atom. The zero-order valence-corrected chi connectivity index (χ0v) is 11.4. The first-order chi connectivity index (χ1) is 8.40. The van der Waals surface area contributed by atoms with Crippen LogP contribution < -0.4 is 4.72 Å². The zero-order chi connectivity index (χ0) is 13.8. The molecule has 1 unspecified atom stereocenters. The third kappa shape index (κ3) is 3.91. The molecular formula is C10H20N2O5S. The van der Waals surface area contributed by atoms with E-state index < -0.39 is 28.8 Å². The van der Waals surface area contributed by atoms with Crippen molar-refractivity contribution in [2.75, 3.05) is 26.8 Å². The Kier molecular flexibility index (Phi) is 5.51. The quantitative estimate of drug-likeness (QED) is 0.635. The predicted molar refractivity (Wildman–Crippen MR) is 64.9 cm³/mol. The van der Waals surface area contributed by atoms with Crippen LogP contribution in [0, 0.1) is 5.92 Å². The Labute approximate surface area is 107 Å². The minimum Gasteiger partial charge on any atom is -0.468 e. The zero-order valence-electron chi connectivity index (χ0n) is 10.6. The summed E-state index contributed by atoms with van der Waals surface area (Å²) >= 11 is 0. The van der Waals surface area contributed by atoms with Crippen molar-refractivity contribution < 1.29 is 23.1 Å². The summed E-state index contributed by atoms with van der Waals surface area (Å²) in [6.07, 6.45) is 1.59. The monoisotopic (exact) mass is 280 g/mol. The van der Waals surface area contributed by atoms with Gasteiger partial charge in [-0.3, -0.25) is 4.79 Å². The molecule has 7 nitrogen and oxygen atoms in total. The third-order valence-electron chi connectivity index (χ3n) is 3.04. The lowest BCUT2D eigenvalue weighted by atomic mass is 10.0. The van der Waals surface area contributed by atoms with Gasteiger partial charge in [0.1, 0.15) is 6.04 Å². The van der Waals surface area contributed by atoms with Crippen molar-refractivity contribution in [3.8, 4) is 0 Å². The summed E-state index contributed by atoms with van der Waals surface area (Å²) in [4.78, 5) is 11.2. The molecule has 2 N–H and O–H groups in total. The average molecular weight is 280 g/mol. The SMILES string of the molecule is COC(=O)C(CO)NS(=O)(=O)N1CCC(C)CC1. The van der Waals surface area contributed by atoms with Crippen LogP contribution in [0.2, 0.25) is 0 Å². The molecule has 1 aliphatic rings. The van der Waals surface area contributed by atoms with Crippen LogP contribution in [0.25, 0.3) is 0 Å². The highest BCUT2D eigenvalue weighted by atomic mass is 32.2. The summed E-state index contributed by atoms with van der Waals surface area (Å²) < 4.78 is 31.8. The van der Waals surface area contributed by atoms with Gasteiger partial charge in [-0.05, 0) is 18.8 Å². The van der Waals surface area contributed by atoms with Crippen molar-refractivity contribution >= 4 is 16.2 Å². The van der Waals surface area contributed by atoms with Gasteiger partial charge in [-0.15, -0.1) is 0 Å². The Balaban J connectivity index is 2.66. The van der Waals surface area contributed by atoms with Crippen LogP contribution in [-0.2, 0) is 19.7 Å². The minimum atomic E-state index is -3.75. The molecule has 18 heavy (non-hydrogen) atoms. The second kappa shape index (κ2) is 6.46. The van der Waals surface area contributed by atoms with Crippen molar-refractivity contribution in [3.05, 3.63) is 0 Å². The number of nitrogens with one attached hydrogen (secondary N) is 1. The lowest BCUT2D eigenvalue weighted by Gasteiger charge is -2.30. The predicted octanol–water partition coefficient (Wildman–Crippen LogP) is -0.913. The number of esters is 1. The fourth-order valence-corrected chi connectivity index (χ4v) is 3.15. The molecule has 1 heterocycles. The molecule has 8 heteroatoms. The van der Waals surface area contributed by atoms with E-state index in [4.69, 9.17) is 5.11 Å². The maximum Gasteiger partial charge on any atom is 0.326 e. The van der Waals surface area contributed by atoms with Gasteiger partial charge in [0, 0.05) is 13.1 Å². The normalized spacial score (nSPS) is 20.6. The Morgan fingerprint density at radius 3 is 2.50 bits per heavy atom. The van der Waals surface area contributed by atoms with Crippen LogP contribution in [-0.4, -0.2) is 56.6 Å². The summed E-state index contributed by atoms with van der Waals surface area (Å²) in [6.45, 7) is 2.30. The molecule has 0 aromatic heterocycles. The van der Waals surface area contributed by atoms with Gasteiger partial charge < -0.3 is 9.84 Å². The van der Waals surface area contributed by atoms with Crippen molar-refractivity contribution in [3.63, 3.8) is 0 Å². The molecule has 106 valence electrons. The van der Waals surface area contributed by atoms with E-state index in [1.54, 1.807) is 0 Å².